The summed E-state index contributed by atoms with van der Waals surface area (Å²) in [5.74, 6) is 0.733. The Morgan fingerprint density at radius 1 is 1.55 bits per heavy atom. The number of carbonyl (C=O) groups excluding carboxylic acids is 1. The topological polar surface area (TPSA) is 49.8 Å². The number of aliphatic hydroxyl groups excluding tert-OH is 1. The molecule has 4 nitrogen and oxygen atoms in total. The van der Waals surface area contributed by atoms with E-state index in [-0.39, 0.29) is 12.0 Å². The van der Waals surface area contributed by atoms with Gasteiger partial charge in [0.1, 0.15) is 5.75 Å². The fourth-order valence-corrected chi connectivity index (χ4v) is 2.74. The number of methoxy groups -OCH3 is 1. The highest BCUT2D eigenvalue weighted by Crippen LogP contribution is 2.25. The summed E-state index contributed by atoms with van der Waals surface area (Å²) in [6.07, 6.45) is 2.38. The van der Waals surface area contributed by atoms with E-state index in [9.17, 15) is 9.90 Å². The van der Waals surface area contributed by atoms with Crippen molar-refractivity contribution in [3.8, 4) is 5.75 Å². The molecule has 1 heterocycles. The molecule has 1 aromatic rings. The second kappa shape index (κ2) is 6.95. The average Bonchev–Trinajstić information content (AvgIpc) is 2.45. The standard InChI is InChI=1S/C15H20ClNO3/c1-20-14-6-4-11(9-13(14)16)5-7-15(19)17-8-2-3-12(18)10-17/h4,6,9,12,18H,2-3,5,7-8,10H2,1H3. The highest BCUT2D eigenvalue weighted by molar-refractivity contribution is 6.32. The number of carbonyl (C=O) groups is 1. The lowest BCUT2D eigenvalue weighted by Gasteiger charge is -2.30. The number of amides is 1. The highest BCUT2D eigenvalue weighted by Gasteiger charge is 2.21. The molecule has 0 aromatic heterocycles. The van der Waals surface area contributed by atoms with Crippen molar-refractivity contribution in [2.45, 2.75) is 31.8 Å². The van der Waals surface area contributed by atoms with Crippen molar-refractivity contribution in [2.24, 2.45) is 0 Å². The highest BCUT2D eigenvalue weighted by atomic mass is 35.5. The van der Waals surface area contributed by atoms with Crippen LogP contribution in [0.2, 0.25) is 5.02 Å². The van der Waals surface area contributed by atoms with Crippen LogP contribution in [-0.2, 0) is 11.2 Å². The van der Waals surface area contributed by atoms with Crippen LogP contribution in [-0.4, -0.2) is 42.2 Å². The molecule has 1 aliphatic heterocycles. The van der Waals surface area contributed by atoms with Gasteiger partial charge in [-0.05, 0) is 37.0 Å². The maximum Gasteiger partial charge on any atom is 0.222 e. The van der Waals surface area contributed by atoms with Gasteiger partial charge in [-0.3, -0.25) is 4.79 Å². The predicted molar refractivity (Wildman–Crippen MR) is 78.1 cm³/mol. The van der Waals surface area contributed by atoms with Gasteiger partial charge in [0.2, 0.25) is 5.91 Å². The quantitative estimate of drug-likeness (QED) is 0.927. The first-order chi connectivity index (χ1) is 9.60. The smallest absolute Gasteiger partial charge is 0.222 e. The third-order valence-corrected chi connectivity index (χ3v) is 3.89. The van der Waals surface area contributed by atoms with Crippen LogP contribution in [0.3, 0.4) is 0 Å². The molecule has 1 aromatic carbocycles. The number of nitrogens with zero attached hydrogens (tertiary/aromatic N) is 1. The van der Waals surface area contributed by atoms with Crippen LogP contribution in [0.5, 0.6) is 5.75 Å². The molecule has 1 saturated heterocycles. The lowest BCUT2D eigenvalue weighted by atomic mass is 10.1. The summed E-state index contributed by atoms with van der Waals surface area (Å²) in [5.41, 5.74) is 1.02. The molecule has 1 N–H and O–H groups in total. The molecule has 0 bridgehead atoms. The predicted octanol–water partition coefficient (Wildman–Crippen LogP) is 2.26. The second-order valence-electron chi connectivity index (χ2n) is 5.10. The molecular formula is C15H20ClNO3. The lowest BCUT2D eigenvalue weighted by Crippen LogP contribution is -2.42. The SMILES string of the molecule is COc1ccc(CCC(=O)N2CCCC(O)C2)cc1Cl. The molecule has 0 saturated carbocycles. The maximum atomic E-state index is 12.1. The number of β-amino-alcohol motifs (C(OH)–C–C–N with tert-alkyl or cyclic N) is 1. The van der Waals surface area contributed by atoms with E-state index in [1.165, 1.54) is 0 Å². The molecule has 0 spiro atoms. The third kappa shape index (κ3) is 3.87. The number of benzene rings is 1. The Bertz CT molecular complexity index is 478. The fourth-order valence-electron chi connectivity index (χ4n) is 2.46. The zero-order chi connectivity index (χ0) is 14.5. The number of ether oxygens (including phenoxy) is 1. The molecular weight excluding hydrogens is 278 g/mol. The summed E-state index contributed by atoms with van der Waals surface area (Å²) < 4.78 is 5.10. The van der Waals surface area contributed by atoms with Crippen molar-refractivity contribution in [3.63, 3.8) is 0 Å². The Labute approximate surface area is 124 Å². The summed E-state index contributed by atoms with van der Waals surface area (Å²) in [5, 5.41) is 10.1. The second-order valence-corrected chi connectivity index (χ2v) is 5.51. The molecule has 0 aliphatic carbocycles. The van der Waals surface area contributed by atoms with Gasteiger partial charge in [0.25, 0.3) is 0 Å². The summed E-state index contributed by atoms with van der Waals surface area (Å²) in [4.78, 5) is 13.8. The molecule has 2 rings (SSSR count). The third-order valence-electron chi connectivity index (χ3n) is 3.59. The number of rotatable bonds is 4. The van der Waals surface area contributed by atoms with Gasteiger partial charge in [0.05, 0.1) is 18.2 Å². The number of halogens is 1. The molecule has 1 amide bonds. The normalized spacial score (nSPS) is 18.9. The average molecular weight is 298 g/mol. The molecule has 1 fully saturated rings. The van der Waals surface area contributed by atoms with Crippen molar-refractivity contribution in [3.05, 3.63) is 28.8 Å². The van der Waals surface area contributed by atoms with Crippen LogP contribution >= 0.6 is 11.6 Å². The van der Waals surface area contributed by atoms with Gasteiger partial charge < -0.3 is 14.7 Å². The molecule has 110 valence electrons. The number of likely N-dealkylation sites (tertiary alicyclic amines) is 1. The van der Waals surface area contributed by atoms with Crippen molar-refractivity contribution in [1.29, 1.82) is 0 Å². The van der Waals surface area contributed by atoms with E-state index < -0.39 is 0 Å². The summed E-state index contributed by atoms with van der Waals surface area (Å²) in [6.45, 7) is 1.21. The van der Waals surface area contributed by atoms with Crippen LogP contribution in [0.1, 0.15) is 24.8 Å². The minimum Gasteiger partial charge on any atom is -0.495 e. The Balaban J connectivity index is 1.88. The van der Waals surface area contributed by atoms with Crippen LogP contribution in [0.25, 0.3) is 0 Å². The maximum absolute atomic E-state index is 12.1. The largest absolute Gasteiger partial charge is 0.495 e. The number of hydrogen-bond donors (Lipinski definition) is 1. The first-order valence-corrected chi connectivity index (χ1v) is 7.26. The number of hydrogen-bond acceptors (Lipinski definition) is 3. The van der Waals surface area contributed by atoms with Gasteiger partial charge in [-0.25, -0.2) is 0 Å². The van der Waals surface area contributed by atoms with Crippen molar-refractivity contribution in [2.75, 3.05) is 20.2 Å². The van der Waals surface area contributed by atoms with Crippen LogP contribution < -0.4 is 4.74 Å². The Hall–Kier alpha value is -1.26. The number of aryl methyl sites for hydroxylation is 1. The molecule has 5 heteroatoms. The molecule has 1 aliphatic rings. The molecule has 20 heavy (non-hydrogen) atoms. The van der Waals surface area contributed by atoms with Gasteiger partial charge in [-0.2, -0.15) is 0 Å². The first kappa shape index (κ1) is 15.1. The van der Waals surface area contributed by atoms with Gasteiger partial charge in [-0.1, -0.05) is 17.7 Å². The number of piperidine rings is 1. The molecule has 1 atom stereocenters. The van der Waals surface area contributed by atoms with Crippen molar-refractivity contribution >= 4 is 17.5 Å². The fraction of sp³-hybridized carbons (Fsp3) is 0.533. The zero-order valence-electron chi connectivity index (χ0n) is 11.6. The van der Waals surface area contributed by atoms with Gasteiger partial charge in [-0.15, -0.1) is 0 Å². The Morgan fingerprint density at radius 2 is 2.35 bits per heavy atom. The van der Waals surface area contributed by atoms with Crippen molar-refractivity contribution in [1.82, 2.24) is 4.90 Å². The minimum absolute atomic E-state index is 0.0932. The van der Waals surface area contributed by atoms with Crippen LogP contribution in [0, 0.1) is 0 Å². The monoisotopic (exact) mass is 297 g/mol. The number of aliphatic hydroxyl groups is 1. The lowest BCUT2D eigenvalue weighted by molar-refractivity contribution is -0.134. The zero-order valence-corrected chi connectivity index (χ0v) is 12.4. The summed E-state index contributed by atoms with van der Waals surface area (Å²) in [7, 11) is 1.58. The summed E-state index contributed by atoms with van der Waals surface area (Å²) >= 11 is 6.06. The summed E-state index contributed by atoms with van der Waals surface area (Å²) in [6, 6.07) is 5.56. The van der Waals surface area contributed by atoms with E-state index in [0.717, 1.165) is 24.9 Å². The van der Waals surface area contributed by atoms with E-state index in [2.05, 4.69) is 0 Å². The molecule has 1 unspecified atom stereocenters. The van der Waals surface area contributed by atoms with E-state index >= 15 is 0 Å². The Kier molecular flexibility index (Phi) is 5.26. The van der Waals surface area contributed by atoms with E-state index in [4.69, 9.17) is 16.3 Å². The Morgan fingerprint density at radius 3 is 3.00 bits per heavy atom. The van der Waals surface area contributed by atoms with E-state index in [0.29, 0.717) is 30.2 Å². The molecule has 0 radical (unpaired) electrons. The van der Waals surface area contributed by atoms with Crippen LogP contribution in [0.15, 0.2) is 18.2 Å². The van der Waals surface area contributed by atoms with Crippen molar-refractivity contribution < 1.29 is 14.6 Å². The van der Waals surface area contributed by atoms with E-state index in [1.807, 2.05) is 18.2 Å². The van der Waals surface area contributed by atoms with Gasteiger partial charge in [0.15, 0.2) is 0 Å². The van der Waals surface area contributed by atoms with Gasteiger partial charge >= 0.3 is 0 Å². The first-order valence-electron chi connectivity index (χ1n) is 6.88. The minimum atomic E-state index is -0.372. The van der Waals surface area contributed by atoms with E-state index in [1.54, 1.807) is 12.0 Å². The van der Waals surface area contributed by atoms with Crippen LogP contribution in [0.4, 0.5) is 0 Å². The van der Waals surface area contributed by atoms with Gasteiger partial charge in [0, 0.05) is 19.5 Å².